The molecule has 0 saturated carbocycles. The average molecular weight is 382 g/mol. The quantitative estimate of drug-likeness (QED) is 0.546. The van der Waals surface area contributed by atoms with Crippen molar-refractivity contribution in [1.82, 2.24) is 20.0 Å². The van der Waals surface area contributed by atoms with Gasteiger partial charge < -0.3 is 24.6 Å². The second-order valence-corrected chi connectivity index (χ2v) is 8.14. The molecule has 0 aliphatic carbocycles. The first-order valence-corrected chi connectivity index (χ1v) is 10.2. The summed E-state index contributed by atoms with van der Waals surface area (Å²) in [4.78, 5) is 23.6. The van der Waals surface area contributed by atoms with Crippen molar-refractivity contribution >= 4 is 11.9 Å². The molecule has 1 amide bonds. The van der Waals surface area contributed by atoms with E-state index in [1.807, 2.05) is 11.9 Å². The minimum Gasteiger partial charge on any atom is -0.378 e. The fourth-order valence-corrected chi connectivity index (χ4v) is 4.05. The molecular formula is C19H35N5O3. The Morgan fingerprint density at radius 1 is 1.15 bits per heavy atom. The number of hydrogen-bond acceptors (Lipinski definition) is 5. The molecule has 3 aliphatic rings. The highest BCUT2D eigenvalue weighted by molar-refractivity contribution is 5.82. The molecule has 0 aromatic rings. The third kappa shape index (κ3) is 5.12. The van der Waals surface area contributed by atoms with Gasteiger partial charge in [-0.25, -0.2) is 0 Å². The van der Waals surface area contributed by atoms with Gasteiger partial charge in [-0.05, 0) is 26.7 Å². The van der Waals surface area contributed by atoms with Crippen molar-refractivity contribution in [2.24, 2.45) is 4.99 Å². The first kappa shape index (κ1) is 20.4. The van der Waals surface area contributed by atoms with E-state index in [0.717, 1.165) is 77.8 Å². The molecule has 0 spiro atoms. The van der Waals surface area contributed by atoms with Gasteiger partial charge >= 0.3 is 0 Å². The Morgan fingerprint density at radius 3 is 2.52 bits per heavy atom. The Morgan fingerprint density at radius 2 is 1.89 bits per heavy atom. The highest BCUT2D eigenvalue weighted by Gasteiger charge is 2.32. The van der Waals surface area contributed by atoms with Crippen LogP contribution in [0.2, 0.25) is 0 Å². The predicted octanol–water partition coefficient (Wildman–Crippen LogP) is -0.00420. The maximum Gasteiger partial charge on any atom is 0.251 e. The maximum absolute atomic E-state index is 12.5. The van der Waals surface area contributed by atoms with Crippen LogP contribution in [-0.4, -0.2) is 111 Å². The third-order valence-corrected chi connectivity index (χ3v) is 5.79. The van der Waals surface area contributed by atoms with Gasteiger partial charge in [0.1, 0.15) is 6.10 Å². The molecule has 0 radical (unpaired) electrons. The van der Waals surface area contributed by atoms with Crippen LogP contribution in [0.15, 0.2) is 4.99 Å². The summed E-state index contributed by atoms with van der Waals surface area (Å²) >= 11 is 0. The smallest absolute Gasteiger partial charge is 0.251 e. The number of amides is 1. The van der Waals surface area contributed by atoms with Gasteiger partial charge in [0.2, 0.25) is 0 Å². The lowest BCUT2D eigenvalue weighted by Crippen LogP contribution is -2.57. The van der Waals surface area contributed by atoms with Crippen molar-refractivity contribution in [2.45, 2.75) is 38.3 Å². The van der Waals surface area contributed by atoms with Gasteiger partial charge in [0.15, 0.2) is 5.96 Å². The molecule has 1 N–H and O–H groups in total. The van der Waals surface area contributed by atoms with Crippen molar-refractivity contribution in [3.63, 3.8) is 0 Å². The Labute approximate surface area is 162 Å². The Bertz CT molecular complexity index is 525. The van der Waals surface area contributed by atoms with E-state index >= 15 is 0 Å². The third-order valence-electron chi connectivity index (χ3n) is 5.79. The molecule has 8 heteroatoms. The van der Waals surface area contributed by atoms with E-state index in [4.69, 9.17) is 9.47 Å². The second-order valence-electron chi connectivity index (χ2n) is 8.14. The fraction of sp³-hybridized carbons (Fsp3) is 0.895. The van der Waals surface area contributed by atoms with Crippen LogP contribution in [0, 0.1) is 0 Å². The van der Waals surface area contributed by atoms with Gasteiger partial charge in [-0.3, -0.25) is 14.7 Å². The zero-order valence-electron chi connectivity index (χ0n) is 17.1. The molecule has 0 aromatic heterocycles. The molecule has 3 saturated heterocycles. The zero-order chi connectivity index (χ0) is 19.3. The number of aliphatic imine (C=N–C) groups is 1. The second kappa shape index (κ2) is 9.21. The number of morpholine rings is 1. The zero-order valence-corrected chi connectivity index (χ0v) is 17.1. The molecule has 0 aromatic carbocycles. The van der Waals surface area contributed by atoms with Crippen LogP contribution in [0.1, 0.15) is 26.7 Å². The Kier molecular flexibility index (Phi) is 6.94. The van der Waals surface area contributed by atoms with Crippen LogP contribution in [0.4, 0.5) is 0 Å². The van der Waals surface area contributed by atoms with E-state index < -0.39 is 0 Å². The summed E-state index contributed by atoms with van der Waals surface area (Å²) in [7, 11) is 1.82. The predicted molar refractivity (Wildman–Crippen MR) is 105 cm³/mol. The molecule has 3 aliphatic heterocycles. The van der Waals surface area contributed by atoms with E-state index in [9.17, 15) is 4.79 Å². The lowest BCUT2D eigenvalue weighted by molar-refractivity contribution is -0.142. The minimum atomic E-state index is -0.217. The van der Waals surface area contributed by atoms with Crippen molar-refractivity contribution in [1.29, 1.82) is 0 Å². The van der Waals surface area contributed by atoms with Crippen molar-refractivity contribution in [3.05, 3.63) is 0 Å². The summed E-state index contributed by atoms with van der Waals surface area (Å²) in [5.41, 5.74) is 0.0811. The standard InChI is InChI=1S/C19H35N5O3/c1-19(2)15-26-14-12-24(19)7-6-21-18(20-3)23-10-8-22(9-11-23)17(25)16-5-4-13-27-16/h16H,4-15H2,1-3H3,(H,20,21). The number of nitrogens with one attached hydrogen (secondary N) is 1. The van der Waals surface area contributed by atoms with Gasteiger partial charge in [-0.15, -0.1) is 0 Å². The van der Waals surface area contributed by atoms with Gasteiger partial charge in [-0.1, -0.05) is 0 Å². The molecular weight excluding hydrogens is 346 g/mol. The van der Waals surface area contributed by atoms with E-state index in [-0.39, 0.29) is 17.6 Å². The highest BCUT2D eigenvalue weighted by Crippen LogP contribution is 2.18. The molecule has 1 atom stereocenters. The van der Waals surface area contributed by atoms with E-state index in [2.05, 4.69) is 34.0 Å². The van der Waals surface area contributed by atoms with E-state index in [1.54, 1.807) is 0 Å². The summed E-state index contributed by atoms with van der Waals surface area (Å²) in [6, 6.07) is 0. The molecule has 3 rings (SSSR count). The number of ether oxygens (including phenoxy) is 2. The van der Waals surface area contributed by atoms with Gasteiger partial charge in [0.25, 0.3) is 5.91 Å². The summed E-state index contributed by atoms with van der Waals surface area (Å²) in [6.45, 7) is 12.6. The largest absolute Gasteiger partial charge is 0.378 e. The van der Waals surface area contributed by atoms with Crippen LogP contribution in [0.3, 0.4) is 0 Å². The Balaban J connectivity index is 1.41. The summed E-state index contributed by atoms with van der Waals surface area (Å²) in [5.74, 6) is 1.08. The Hall–Kier alpha value is -1.38. The fourth-order valence-electron chi connectivity index (χ4n) is 4.05. The number of hydrogen-bond donors (Lipinski definition) is 1. The maximum atomic E-state index is 12.5. The van der Waals surface area contributed by atoms with Gasteiger partial charge in [-0.2, -0.15) is 0 Å². The number of piperazine rings is 1. The highest BCUT2D eigenvalue weighted by atomic mass is 16.5. The van der Waals surface area contributed by atoms with Crippen LogP contribution in [0.5, 0.6) is 0 Å². The van der Waals surface area contributed by atoms with Crippen molar-refractivity contribution < 1.29 is 14.3 Å². The van der Waals surface area contributed by atoms with Gasteiger partial charge in [0, 0.05) is 65.0 Å². The number of nitrogens with zero attached hydrogens (tertiary/aromatic N) is 4. The lowest BCUT2D eigenvalue weighted by atomic mass is 10.0. The molecule has 27 heavy (non-hydrogen) atoms. The molecule has 3 fully saturated rings. The minimum absolute atomic E-state index is 0.0811. The van der Waals surface area contributed by atoms with Gasteiger partial charge in [0.05, 0.1) is 13.2 Å². The van der Waals surface area contributed by atoms with Crippen LogP contribution >= 0.6 is 0 Å². The van der Waals surface area contributed by atoms with Crippen LogP contribution in [-0.2, 0) is 14.3 Å². The topological polar surface area (TPSA) is 69.6 Å². The van der Waals surface area contributed by atoms with Crippen LogP contribution < -0.4 is 5.32 Å². The monoisotopic (exact) mass is 381 g/mol. The first-order valence-electron chi connectivity index (χ1n) is 10.2. The molecule has 8 nitrogen and oxygen atoms in total. The van der Waals surface area contributed by atoms with E-state index in [1.165, 1.54) is 0 Å². The first-order chi connectivity index (χ1) is 13.0. The molecule has 1 unspecified atom stereocenters. The number of guanidine groups is 1. The summed E-state index contributed by atoms with van der Waals surface area (Å²) in [6.07, 6.45) is 1.64. The molecule has 154 valence electrons. The number of carbonyl (C=O) groups is 1. The lowest BCUT2D eigenvalue weighted by Gasteiger charge is -2.42. The normalized spacial score (nSPS) is 27.1. The number of carbonyl (C=O) groups excluding carboxylic acids is 1. The van der Waals surface area contributed by atoms with Crippen molar-refractivity contribution in [2.75, 3.05) is 72.7 Å². The van der Waals surface area contributed by atoms with E-state index in [0.29, 0.717) is 6.61 Å². The summed E-state index contributed by atoms with van der Waals surface area (Å²) < 4.78 is 11.1. The number of rotatable bonds is 4. The van der Waals surface area contributed by atoms with Crippen molar-refractivity contribution in [3.8, 4) is 0 Å². The summed E-state index contributed by atoms with van der Waals surface area (Å²) in [5, 5.41) is 3.49. The van der Waals surface area contributed by atoms with Crippen LogP contribution in [0.25, 0.3) is 0 Å². The SMILES string of the molecule is CN=C(NCCN1CCOCC1(C)C)N1CCN(C(=O)C2CCCO2)CC1. The molecule has 3 heterocycles. The average Bonchev–Trinajstić information content (AvgIpc) is 3.21. The molecule has 0 bridgehead atoms.